The maximum absolute atomic E-state index is 2.45. The molecule has 206 valence electrons. The van der Waals surface area contributed by atoms with E-state index in [4.69, 9.17) is 0 Å². The standard InChI is InChI=1S/C40H35NS/c1-40(2)34-15-9-7-13-30(34)31-22-21-29(25-35(31)40)41(3)36-24-23-33-32-14-8-10-16-37(32)42-39(33)38(36)28-19-17-27(18-20-28)26-11-5-4-6-12-26/h4-7,9-13,15-25,32,37H,8,14H2,1-3H3. The third-order valence-corrected chi connectivity index (χ3v) is 11.2. The molecule has 0 saturated carbocycles. The lowest BCUT2D eigenvalue weighted by Gasteiger charge is -2.27. The van der Waals surface area contributed by atoms with E-state index in [-0.39, 0.29) is 5.41 Å². The SMILES string of the molecule is CN(c1ccc2c(c1)C(C)(C)c1ccccc1-2)c1ccc2c(c1-c1ccc(-c3ccccc3)cc1)SC1C=CCCC21. The summed E-state index contributed by atoms with van der Waals surface area (Å²) in [7, 11) is 2.24. The lowest BCUT2D eigenvalue weighted by Crippen LogP contribution is -2.17. The van der Waals surface area contributed by atoms with Crippen LogP contribution in [0.3, 0.4) is 0 Å². The van der Waals surface area contributed by atoms with E-state index in [2.05, 4.69) is 159 Å². The molecule has 0 N–H and O–H groups in total. The number of thioether (sulfide) groups is 1. The highest BCUT2D eigenvalue weighted by Crippen LogP contribution is 2.56. The number of rotatable bonds is 4. The van der Waals surface area contributed by atoms with Crippen LogP contribution in [0.4, 0.5) is 11.4 Å². The van der Waals surface area contributed by atoms with Crippen molar-refractivity contribution < 1.29 is 0 Å². The van der Waals surface area contributed by atoms with Crippen LogP contribution in [0.25, 0.3) is 33.4 Å². The van der Waals surface area contributed by atoms with Crippen molar-refractivity contribution >= 4 is 23.1 Å². The Morgan fingerprint density at radius 2 is 1.43 bits per heavy atom. The third-order valence-electron chi connectivity index (χ3n) is 9.78. The van der Waals surface area contributed by atoms with Crippen LogP contribution in [0, 0.1) is 0 Å². The highest BCUT2D eigenvalue weighted by molar-refractivity contribution is 8.00. The van der Waals surface area contributed by atoms with Crippen molar-refractivity contribution in [3.63, 3.8) is 0 Å². The van der Waals surface area contributed by atoms with Gasteiger partial charge in [0.15, 0.2) is 0 Å². The monoisotopic (exact) mass is 561 g/mol. The Morgan fingerprint density at radius 3 is 2.26 bits per heavy atom. The Bertz CT molecular complexity index is 1850. The van der Waals surface area contributed by atoms with Gasteiger partial charge in [-0.05, 0) is 75.5 Å². The zero-order valence-electron chi connectivity index (χ0n) is 24.5. The maximum atomic E-state index is 2.45. The van der Waals surface area contributed by atoms with Gasteiger partial charge in [-0.25, -0.2) is 0 Å². The number of nitrogens with zero attached hydrogens (tertiary/aromatic N) is 1. The summed E-state index contributed by atoms with van der Waals surface area (Å²) in [4.78, 5) is 3.88. The molecule has 1 nitrogen and oxygen atoms in total. The smallest absolute Gasteiger partial charge is 0.0499 e. The highest BCUT2D eigenvalue weighted by Gasteiger charge is 2.37. The first-order chi connectivity index (χ1) is 20.5. The van der Waals surface area contributed by atoms with Crippen LogP contribution in [0.1, 0.15) is 49.3 Å². The lowest BCUT2D eigenvalue weighted by atomic mass is 9.82. The van der Waals surface area contributed by atoms with Gasteiger partial charge in [-0.3, -0.25) is 0 Å². The molecule has 0 radical (unpaired) electrons. The summed E-state index contributed by atoms with van der Waals surface area (Å²) in [5, 5.41) is 0.538. The Hall–Kier alpha value is -4.01. The summed E-state index contributed by atoms with van der Waals surface area (Å²) in [6.07, 6.45) is 7.25. The fraction of sp³-hybridized carbons (Fsp3) is 0.200. The minimum absolute atomic E-state index is 0.0192. The lowest BCUT2D eigenvalue weighted by molar-refractivity contribution is 0.634. The topological polar surface area (TPSA) is 3.24 Å². The van der Waals surface area contributed by atoms with E-state index in [1.807, 2.05) is 0 Å². The molecule has 2 atom stereocenters. The van der Waals surface area contributed by atoms with E-state index in [1.165, 1.54) is 79.2 Å². The molecule has 0 amide bonds. The quantitative estimate of drug-likeness (QED) is 0.201. The van der Waals surface area contributed by atoms with Gasteiger partial charge in [0, 0.05) is 45.5 Å². The molecular weight excluding hydrogens is 527 g/mol. The van der Waals surface area contributed by atoms with Gasteiger partial charge in [0.2, 0.25) is 0 Å². The average Bonchev–Trinajstić information content (AvgIpc) is 3.53. The van der Waals surface area contributed by atoms with Crippen LogP contribution in [0.2, 0.25) is 0 Å². The van der Waals surface area contributed by atoms with Crippen molar-refractivity contribution in [2.45, 2.75) is 48.2 Å². The van der Waals surface area contributed by atoms with Crippen LogP contribution in [-0.4, -0.2) is 12.3 Å². The summed E-state index contributed by atoms with van der Waals surface area (Å²) < 4.78 is 0. The number of benzene rings is 5. The molecule has 5 aromatic carbocycles. The maximum Gasteiger partial charge on any atom is 0.0499 e. The Morgan fingerprint density at radius 1 is 0.714 bits per heavy atom. The molecule has 2 heteroatoms. The van der Waals surface area contributed by atoms with Crippen molar-refractivity contribution in [2.75, 3.05) is 11.9 Å². The number of hydrogen-bond acceptors (Lipinski definition) is 2. The van der Waals surface area contributed by atoms with E-state index in [9.17, 15) is 0 Å². The van der Waals surface area contributed by atoms with Gasteiger partial charge < -0.3 is 4.90 Å². The van der Waals surface area contributed by atoms with Gasteiger partial charge in [0.1, 0.15) is 0 Å². The predicted molar refractivity (Wildman–Crippen MR) is 180 cm³/mol. The van der Waals surface area contributed by atoms with E-state index in [0.29, 0.717) is 11.2 Å². The molecule has 8 rings (SSSR count). The molecule has 3 aliphatic rings. The van der Waals surface area contributed by atoms with Crippen LogP contribution in [0.5, 0.6) is 0 Å². The molecule has 0 saturated heterocycles. The second kappa shape index (κ2) is 9.78. The second-order valence-corrected chi connectivity index (χ2v) is 13.7. The van der Waals surface area contributed by atoms with Gasteiger partial charge in [0.05, 0.1) is 0 Å². The van der Waals surface area contributed by atoms with E-state index < -0.39 is 0 Å². The molecular formula is C40H35NS. The van der Waals surface area contributed by atoms with E-state index >= 15 is 0 Å². The Balaban J connectivity index is 1.25. The summed E-state index contributed by atoms with van der Waals surface area (Å²) in [6.45, 7) is 4.73. The van der Waals surface area contributed by atoms with E-state index in [0.717, 1.165) is 0 Å². The van der Waals surface area contributed by atoms with Crippen molar-refractivity contribution in [1.82, 2.24) is 0 Å². The minimum atomic E-state index is -0.0192. The molecule has 0 fully saturated rings. The zero-order valence-corrected chi connectivity index (χ0v) is 25.3. The Labute approximate surface area is 253 Å². The predicted octanol–water partition coefficient (Wildman–Crippen LogP) is 11.0. The van der Waals surface area contributed by atoms with Crippen molar-refractivity contribution in [3.8, 4) is 33.4 Å². The molecule has 42 heavy (non-hydrogen) atoms. The fourth-order valence-corrected chi connectivity index (χ4v) is 9.06. The van der Waals surface area contributed by atoms with Crippen molar-refractivity contribution in [2.24, 2.45) is 0 Å². The molecule has 2 unspecified atom stereocenters. The number of anilines is 2. The Kier molecular flexibility index (Phi) is 5.98. The van der Waals surface area contributed by atoms with Crippen LogP contribution >= 0.6 is 11.8 Å². The van der Waals surface area contributed by atoms with Gasteiger partial charge in [0.25, 0.3) is 0 Å². The summed E-state index contributed by atoms with van der Waals surface area (Å²) >= 11 is 2.07. The summed E-state index contributed by atoms with van der Waals surface area (Å²) in [6, 6.07) is 40.7. The summed E-state index contributed by atoms with van der Waals surface area (Å²) in [5.41, 5.74) is 14.7. The van der Waals surface area contributed by atoms with E-state index in [1.54, 1.807) is 0 Å². The van der Waals surface area contributed by atoms with Gasteiger partial charge in [-0.15, -0.1) is 11.8 Å². The van der Waals surface area contributed by atoms with Crippen LogP contribution in [-0.2, 0) is 5.41 Å². The van der Waals surface area contributed by atoms with Gasteiger partial charge in [-0.1, -0.05) is 117 Å². The number of allylic oxidation sites excluding steroid dienone is 1. The van der Waals surface area contributed by atoms with Crippen molar-refractivity contribution in [1.29, 1.82) is 0 Å². The molecule has 0 bridgehead atoms. The average molecular weight is 562 g/mol. The first-order valence-corrected chi connectivity index (χ1v) is 16.0. The molecule has 5 aromatic rings. The van der Waals surface area contributed by atoms with Gasteiger partial charge >= 0.3 is 0 Å². The first kappa shape index (κ1) is 25.7. The minimum Gasteiger partial charge on any atom is -0.344 e. The number of fused-ring (bicyclic) bond motifs is 6. The van der Waals surface area contributed by atoms with Crippen LogP contribution in [0.15, 0.2) is 126 Å². The molecule has 0 aromatic heterocycles. The molecule has 1 heterocycles. The molecule has 1 aliphatic heterocycles. The normalized spacial score (nSPS) is 19.1. The fourth-order valence-electron chi connectivity index (χ4n) is 7.46. The molecule has 2 aliphatic carbocycles. The zero-order chi connectivity index (χ0) is 28.4. The van der Waals surface area contributed by atoms with Crippen molar-refractivity contribution in [3.05, 3.63) is 138 Å². The summed E-state index contributed by atoms with van der Waals surface area (Å²) in [5.74, 6) is 0.607. The van der Waals surface area contributed by atoms with Gasteiger partial charge in [-0.2, -0.15) is 0 Å². The number of hydrogen-bond donors (Lipinski definition) is 0. The largest absolute Gasteiger partial charge is 0.344 e. The van der Waals surface area contributed by atoms with Crippen LogP contribution < -0.4 is 4.90 Å². The first-order valence-electron chi connectivity index (χ1n) is 15.1. The molecule has 0 spiro atoms. The second-order valence-electron chi connectivity index (χ2n) is 12.5. The third kappa shape index (κ3) is 3.92. The highest BCUT2D eigenvalue weighted by atomic mass is 32.2.